The summed E-state index contributed by atoms with van der Waals surface area (Å²) in [5.41, 5.74) is 0. The SMILES string of the molecule is C#N.C#N.C#N.C#N.[Zn]. The Balaban J connectivity index is -0.00000000762. The van der Waals surface area contributed by atoms with Gasteiger partial charge in [-0.05, 0) is 0 Å². The van der Waals surface area contributed by atoms with Crippen molar-refractivity contribution in [2.24, 2.45) is 0 Å². The van der Waals surface area contributed by atoms with Crippen LogP contribution in [-0.4, -0.2) is 0 Å². The summed E-state index contributed by atoms with van der Waals surface area (Å²) in [5, 5.41) is 26.0. The van der Waals surface area contributed by atoms with Crippen molar-refractivity contribution in [2.75, 3.05) is 0 Å². The number of nitrogens with zero attached hydrogens (tertiary/aromatic N) is 4. The normalized spacial score (nSPS) is 0.889. The molecule has 0 heterocycles. The monoisotopic (exact) mass is 172 g/mol. The second kappa shape index (κ2) is 102. The Morgan fingerprint density at radius 2 is 0.444 bits per heavy atom. The van der Waals surface area contributed by atoms with Gasteiger partial charge in [0.25, 0.3) is 0 Å². The average molecular weight is 173 g/mol. The van der Waals surface area contributed by atoms with Crippen molar-refractivity contribution in [3.63, 3.8) is 0 Å². The van der Waals surface area contributed by atoms with Crippen LogP contribution in [0.4, 0.5) is 0 Å². The summed E-state index contributed by atoms with van der Waals surface area (Å²) in [6, 6.07) is 0. The van der Waals surface area contributed by atoms with Gasteiger partial charge >= 0.3 is 0 Å². The molecule has 0 aliphatic rings. The Bertz CT molecular complexity index is 55.5. The van der Waals surface area contributed by atoms with Crippen molar-refractivity contribution < 1.29 is 19.5 Å². The number of hydrogen-bond donors (Lipinski definition) is 0. The number of nitriles is 4. The Morgan fingerprint density at radius 1 is 0.444 bits per heavy atom. The Labute approximate surface area is 67.3 Å². The van der Waals surface area contributed by atoms with E-state index in [-0.39, 0.29) is 19.5 Å². The fourth-order valence-corrected chi connectivity index (χ4v) is 0. The molecule has 0 rings (SSSR count). The molecule has 0 bridgehead atoms. The predicted octanol–water partition coefficient (Wildman–Crippen LogP) is 0.557. The van der Waals surface area contributed by atoms with E-state index in [1.165, 1.54) is 0 Å². The molecule has 0 aliphatic carbocycles. The first-order valence-electron chi connectivity index (χ1n) is 1.03. The zero-order valence-electron chi connectivity index (χ0n) is 4.81. The second-order valence-electron chi connectivity index (χ2n) is 0. The van der Waals surface area contributed by atoms with Gasteiger partial charge in [0, 0.05) is 45.8 Å². The van der Waals surface area contributed by atoms with Crippen LogP contribution >= 0.6 is 0 Å². The number of rotatable bonds is 0. The van der Waals surface area contributed by atoms with Crippen LogP contribution in [0.3, 0.4) is 0 Å². The molecular formula is C4H4N4Zn. The Morgan fingerprint density at radius 3 is 0.444 bits per heavy atom. The summed E-state index contributed by atoms with van der Waals surface area (Å²) in [5.74, 6) is 0. The molecule has 0 amide bonds. The third kappa shape index (κ3) is 68.9. The zero-order chi connectivity index (χ0) is 8.00. The van der Waals surface area contributed by atoms with Gasteiger partial charge in [0.05, 0.1) is 0 Å². The van der Waals surface area contributed by atoms with Crippen LogP contribution in [0.2, 0.25) is 0 Å². The van der Waals surface area contributed by atoms with Crippen LogP contribution in [0.1, 0.15) is 0 Å². The Kier molecular flexibility index (Phi) is 560. The van der Waals surface area contributed by atoms with E-state index in [9.17, 15) is 0 Å². The van der Waals surface area contributed by atoms with Gasteiger partial charge in [-0.25, -0.2) is 21.0 Å². The first-order valence-corrected chi connectivity index (χ1v) is 1.03. The summed E-state index contributed by atoms with van der Waals surface area (Å²) < 4.78 is 0. The van der Waals surface area contributed by atoms with Gasteiger partial charge in [0.1, 0.15) is 0 Å². The fourth-order valence-electron chi connectivity index (χ4n) is 0. The molecule has 5 heteroatoms. The van der Waals surface area contributed by atoms with Crippen LogP contribution in [0.15, 0.2) is 0 Å². The molecule has 0 saturated carbocycles. The topological polar surface area (TPSA) is 95.2 Å². The summed E-state index contributed by atoms with van der Waals surface area (Å²) in [6.45, 7) is 14.0. The maximum Gasteiger partial charge on any atom is 0.0462 e. The summed E-state index contributed by atoms with van der Waals surface area (Å²) >= 11 is 0. The standard InChI is InChI=1S/4CHN.Zn/c4*1-2;/h4*1H;. The van der Waals surface area contributed by atoms with E-state index in [1.54, 1.807) is 0 Å². The minimum Gasteiger partial charge on any atom is -0.202 e. The third-order valence-corrected chi connectivity index (χ3v) is 0. The first kappa shape index (κ1) is 49.2. The zero-order valence-corrected chi connectivity index (χ0v) is 7.77. The smallest absolute Gasteiger partial charge is 0.0462 e. The van der Waals surface area contributed by atoms with Crippen LogP contribution in [-0.2, 0) is 19.5 Å². The first-order chi connectivity index (χ1) is 4.00. The minimum atomic E-state index is 0. The van der Waals surface area contributed by atoms with E-state index in [2.05, 4.69) is 26.3 Å². The maximum atomic E-state index is 6.50. The third-order valence-electron chi connectivity index (χ3n) is 0. The van der Waals surface area contributed by atoms with Gasteiger partial charge in [0.15, 0.2) is 0 Å². The van der Waals surface area contributed by atoms with Crippen LogP contribution < -0.4 is 0 Å². The van der Waals surface area contributed by atoms with Gasteiger partial charge in [-0.3, -0.25) is 0 Å². The predicted molar refractivity (Wildman–Crippen MR) is 26.7 cm³/mol. The van der Waals surface area contributed by atoms with Crippen LogP contribution in [0.5, 0.6) is 0 Å². The molecular weight excluding hydrogens is 169 g/mol. The summed E-state index contributed by atoms with van der Waals surface area (Å²) in [7, 11) is 0. The van der Waals surface area contributed by atoms with Crippen molar-refractivity contribution in [1.82, 2.24) is 0 Å². The molecule has 0 aromatic carbocycles. The Hall–Kier alpha value is -1.42. The van der Waals surface area contributed by atoms with Crippen molar-refractivity contribution in [2.45, 2.75) is 0 Å². The summed E-state index contributed by atoms with van der Waals surface area (Å²) in [6.07, 6.45) is 0. The van der Waals surface area contributed by atoms with Gasteiger partial charge in [-0.2, -0.15) is 0 Å². The molecule has 0 N–H and O–H groups in total. The maximum absolute atomic E-state index is 6.50. The molecule has 0 fully saturated rings. The molecule has 0 aliphatic heterocycles. The van der Waals surface area contributed by atoms with Gasteiger partial charge in [-0.15, -0.1) is 0 Å². The molecule has 9 heavy (non-hydrogen) atoms. The van der Waals surface area contributed by atoms with Gasteiger partial charge in [0.2, 0.25) is 0 Å². The molecule has 0 radical (unpaired) electrons. The molecule has 0 saturated heterocycles. The minimum absolute atomic E-state index is 0. The van der Waals surface area contributed by atoms with Crippen molar-refractivity contribution in [3.8, 4) is 26.3 Å². The van der Waals surface area contributed by atoms with Crippen molar-refractivity contribution in [3.05, 3.63) is 0 Å². The largest absolute Gasteiger partial charge is 0.202 e. The fraction of sp³-hybridized carbons (Fsp3) is 0. The van der Waals surface area contributed by atoms with E-state index in [0.717, 1.165) is 0 Å². The number of hydrogen-bond acceptors (Lipinski definition) is 4. The molecule has 0 atom stereocenters. The molecule has 0 aromatic rings. The van der Waals surface area contributed by atoms with E-state index >= 15 is 0 Å². The van der Waals surface area contributed by atoms with Crippen molar-refractivity contribution >= 4 is 0 Å². The van der Waals surface area contributed by atoms with Crippen molar-refractivity contribution in [1.29, 1.82) is 21.0 Å². The van der Waals surface area contributed by atoms with Gasteiger partial charge in [-0.1, -0.05) is 0 Å². The molecule has 4 nitrogen and oxygen atoms in total. The van der Waals surface area contributed by atoms with Crippen LogP contribution in [0.25, 0.3) is 0 Å². The summed E-state index contributed by atoms with van der Waals surface area (Å²) in [4.78, 5) is 0. The average Bonchev–Trinajstić information content (AvgIpc) is 2.03. The van der Waals surface area contributed by atoms with Crippen LogP contribution in [0, 0.1) is 47.3 Å². The van der Waals surface area contributed by atoms with Gasteiger partial charge < -0.3 is 0 Å². The second-order valence-corrected chi connectivity index (χ2v) is 0. The van der Waals surface area contributed by atoms with E-state index in [1.807, 2.05) is 0 Å². The van der Waals surface area contributed by atoms with E-state index in [4.69, 9.17) is 21.0 Å². The quantitative estimate of drug-likeness (QED) is 0.500. The molecule has 0 unspecified atom stereocenters. The molecule has 0 spiro atoms. The van der Waals surface area contributed by atoms with E-state index < -0.39 is 0 Å². The molecule has 42 valence electrons. The van der Waals surface area contributed by atoms with E-state index in [0.29, 0.717) is 0 Å². The molecule has 0 aromatic heterocycles.